The third kappa shape index (κ3) is 2.75. The number of hydrogen-bond donors (Lipinski definition) is 1. The molecule has 3 nitrogen and oxygen atoms in total. The minimum atomic E-state index is -0.468. The first-order valence-corrected chi connectivity index (χ1v) is 7.86. The first kappa shape index (κ1) is 14.3. The summed E-state index contributed by atoms with van der Waals surface area (Å²) in [6, 6.07) is 6.25. The van der Waals surface area contributed by atoms with Crippen molar-refractivity contribution in [3.05, 3.63) is 52.1 Å². The van der Waals surface area contributed by atoms with Crippen LogP contribution < -0.4 is 0 Å². The van der Waals surface area contributed by atoms with Crippen LogP contribution in [0, 0.1) is 20.8 Å². The molecule has 0 saturated heterocycles. The molecule has 21 heavy (non-hydrogen) atoms. The van der Waals surface area contributed by atoms with Gasteiger partial charge in [-0.25, -0.2) is 4.98 Å². The van der Waals surface area contributed by atoms with Gasteiger partial charge in [0.05, 0.1) is 18.3 Å². The number of aryl methyl sites for hydroxylation is 4. The van der Waals surface area contributed by atoms with E-state index >= 15 is 0 Å². The molecule has 1 atom stereocenters. The maximum absolute atomic E-state index is 10.6. The molecule has 0 fully saturated rings. The predicted molar refractivity (Wildman–Crippen MR) is 84.5 cm³/mol. The summed E-state index contributed by atoms with van der Waals surface area (Å²) in [5.74, 6) is 1.03. The van der Waals surface area contributed by atoms with E-state index < -0.39 is 6.10 Å². The first-order valence-electron chi connectivity index (χ1n) is 7.86. The van der Waals surface area contributed by atoms with Crippen LogP contribution in [0.4, 0.5) is 0 Å². The molecule has 3 rings (SSSR count). The van der Waals surface area contributed by atoms with Gasteiger partial charge < -0.3 is 9.67 Å². The van der Waals surface area contributed by atoms with Crippen molar-refractivity contribution in [3.8, 4) is 0 Å². The predicted octanol–water partition coefficient (Wildman–Crippen LogP) is 3.42. The highest BCUT2D eigenvalue weighted by Gasteiger charge is 2.20. The van der Waals surface area contributed by atoms with Gasteiger partial charge in [-0.05, 0) is 57.6 Å². The molecule has 2 aromatic rings. The third-order valence-electron chi connectivity index (χ3n) is 4.56. The van der Waals surface area contributed by atoms with Crippen LogP contribution in [-0.4, -0.2) is 14.7 Å². The number of aliphatic hydroxyl groups is 1. The normalized spacial score (nSPS) is 15.8. The fourth-order valence-electron chi connectivity index (χ4n) is 3.45. The minimum Gasteiger partial charge on any atom is -0.387 e. The zero-order valence-electron chi connectivity index (χ0n) is 13.2. The Morgan fingerprint density at radius 1 is 1.19 bits per heavy atom. The second-order valence-electron chi connectivity index (χ2n) is 6.25. The molecule has 1 aromatic heterocycles. The van der Waals surface area contributed by atoms with Crippen LogP contribution in [0.3, 0.4) is 0 Å². The maximum atomic E-state index is 10.6. The first-order chi connectivity index (χ1) is 10.1. The van der Waals surface area contributed by atoms with Crippen molar-refractivity contribution in [2.45, 2.75) is 59.1 Å². The van der Waals surface area contributed by atoms with E-state index in [-0.39, 0.29) is 0 Å². The van der Waals surface area contributed by atoms with Gasteiger partial charge in [0.2, 0.25) is 0 Å². The summed E-state index contributed by atoms with van der Waals surface area (Å²) in [5.41, 5.74) is 6.00. The molecule has 1 aliphatic rings. The Morgan fingerprint density at radius 2 is 1.95 bits per heavy atom. The van der Waals surface area contributed by atoms with E-state index in [0.717, 1.165) is 29.8 Å². The monoisotopic (exact) mass is 284 g/mol. The molecule has 0 amide bonds. The third-order valence-corrected chi connectivity index (χ3v) is 4.56. The Labute approximate surface area is 126 Å². The topological polar surface area (TPSA) is 38.0 Å². The lowest BCUT2D eigenvalue weighted by Crippen LogP contribution is -2.15. The van der Waals surface area contributed by atoms with Crippen LogP contribution in [0.15, 0.2) is 18.2 Å². The van der Waals surface area contributed by atoms with Gasteiger partial charge in [-0.15, -0.1) is 0 Å². The zero-order chi connectivity index (χ0) is 15.0. The standard InChI is InChI=1S/C18H24N2O/c1-12-8-9-15(13(2)10-12)18(21)11-20-14(3)19-16-6-4-5-7-17(16)20/h8-10,18,21H,4-7,11H2,1-3H3. The van der Waals surface area contributed by atoms with E-state index in [9.17, 15) is 5.11 Å². The molecule has 1 aromatic carbocycles. The molecular formula is C18H24N2O. The smallest absolute Gasteiger partial charge is 0.106 e. The van der Waals surface area contributed by atoms with Crippen LogP contribution in [0.1, 0.15) is 52.8 Å². The Kier molecular flexibility index (Phi) is 3.85. The quantitative estimate of drug-likeness (QED) is 0.938. The number of nitrogens with zero attached hydrogens (tertiary/aromatic N) is 2. The Hall–Kier alpha value is -1.61. The molecule has 0 spiro atoms. The lowest BCUT2D eigenvalue weighted by Gasteiger charge is -2.19. The molecule has 1 N–H and O–H groups in total. The van der Waals surface area contributed by atoms with E-state index in [4.69, 9.17) is 0 Å². The van der Waals surface area contributed by atoms with Crippen molar-refractivity contribution < 1.29 is 5.11 Å². The summed E-state index contributed by atoms with van der Waals surface area (Å²) in [5, 5.41) is 10.6. The van der Waals surface area contributed by atoms with E-state index in [0.29, 0.717) is 6.54 Å². The van der Waals surface area contributed by atoms with Crippen molar-refractivity contribution in [1.29, 1.82) is 0 Å². The van der Waals surface area contributed by atoms with Crippen molar-refractivity contribution in [3.63, 3.8) is 0 Å². The van der Waals surface area contributed by atoms with E-state index in [1.165, 1.54) is 29.8 Å². The van der Waals surface area contributed by atoms with Gasteiger partial charge in [0.15, 0.2) is 0 Å². The second kappa shape index (κ2) is 5.64. The Morgan fingerprint density at radius 3 is 2.71 bits per heavy atom. The number of benzene rings is 1. The second-order valence-corrected chi connectivity index (χ2v) is 6.25. The summed E-state index contributed by atoms with van der Waals surface area (Å²) >= 11 is 0. The van der Waals surface area contributed by atoms with Crippen molar-refractivity contribution in [2.24, 2.45) is 0 Å². The van der Waals surface area contributed by atoms with Gasteiger partial charge in [0.1, 0.15) is 5.82 Å². The molecule has 3 heteroatoms. The molecule has 0 radical (unpaired) electrons. The highest BCUT2D eigenvalue weighted by molar-refractivity contribution is 5.32. The molecule has 1 heterocycles. The lowest BCUT2D eigenvalue weighted by atomic mass is 9.99. The van der Waals surface area contributed by atoms with Gasteiger partial charge in [-0.1, -0.05) is 23.8 Å². The fraction of sp³-hybridized carbons (Fsp3) is 0.500. The van der Waals surface area contributed by atoms with Crippen LogP contribution in [0.2, 0.25) is 0 Å². The fourth-order valence-corrected chi connectivity index (χ4v) is 3.45. The van der Waals surface area contributed by atoms with E-state index in [1.807, 2.05) is 13.0 Å². The Balaban J connectivity index is 1.88. The number of aromatic nitrogens is 2. The highest BCUT2D eigenvalue weighted by Crippen LogP contribution is 2.26. The number of aliphatic hydroxyl groups excluding tert-OH is 1. The minimum absolute atomic E-state index is 0.468. The Bertz CT molecular complexity index is 657. The number of imidazole rings is 1. The average molecular weight is 284 g/mol. The molecule has 1 aliphatic carbocycles. The molecule has 112 valence electrons. The SMILES string of the molecule is Cc1ccc(C(O)Cn2c(C)nc3c2CCCC3)c(C)c1. The largest absolute Gasteiger partial charge is 0.387 e. The van der Waals surface area contributed by atoms with Crippen LogP contribution in [0.25, 0.3) is 0 Å². The lowest BCUT2D eigenvalue weighted by molar-refractivity contribution is 0.153. The van der Waals surface area contributed by atoms with Gasteiger partial charge in [-0.2, -0.15) is 0 Å². The molecule has 0 bridgehead atoms. The summed E-state index contributed by atoms with van der Waals surface area (Å²) in [4.78, 5) is 4.69. The summed E-state index contributed by atoms with van der Waals surface area (Å²) in [6.07, 6.45) is 4.18. The van der Waals surface area contributed by atoms with Gasteiger partial charge in [0.25, 0.3) is 0 Å². The van der Waals surface area contributed by atoms with E-state index in [2.05, 4.69) is 35.5 Å². The van der Waals surface area contributed by atoms with Crippen LogP contribution in [-0.2, 0) is 19.4 Å². The average Bonchev–Trinajstić information content (AvgIpc) is 2.75. The van der Waals surface area contributed by atoms with Gasteiger partial charge >= 0.3 is 0 Å². The van der Waals surface area contributed by atoms with Crippen molar-refractivity contribution in [2.75, 3.05) is 0 Å². The summed E-state index contributed by atoms with van der Waals surface area (Å²) < 4.78 is 2.22. The maximum Gasteiger partial charge on any atom is 0.106 e. The zero-order valence-corrected chi connectivity index (χ0v) is 13.2. The number of hydrogen-bond acceptors (Lipinski definition) is 2. The summed E-state index contributed by atoms with van der Waals surface area (Å²) in [6.45, 7) is 6.81. The molecular weight excluding hydrogens is 260 g/mol. The van der Waals surface area contributed by atoms with Crippen LogP contribution >= 0.6 is 0 Å². The van der Waals surface area contributed by atoms with Crippen molar-refractivity contribution in [1.82, 2.24) is 9.55 Å². The van der Waals surface area contributed by atoms with Crippen molar-refractivity contribution >= 4 is 0 Å². The molecule has 0 saturated carbocycles. The number of fused-ring (bicyclic) bond motifs is 1. The molecule has 1 unspecified atom stereocenters. The van der Waals surface area contributed by atoms with Crippen LogP contribution in [0.5, 0.6) is 0 Å². The van der Waals surface area contributed by atoms with Gasteiger partial charge in [0, 0.05) is 5.69 Å². The summed E-state index contributed by atoms with van der Waals surface area (Å²) in [7, 11) is 0. The van der Waals surface area contributed by atoms with E-state index in [1.54, 1.807) is 0 Å². The highest BCUT2D eigenvalue weighted by atomic mass is 16.3. The van der Waals surface area contributed by atoms with Gasteiger partial charge in [-0.3, -0.25) is 0 Å². The number of rotatable bonds is 3. The molecule has 0 aliphatic heterocycles.